The van der Waals surface area contributed by atoms with Gasteiger partial charge in [0, 0.05) is 5.69 Å². The highest BCUT2D eigenvalue weighted by Gasteiger charge is 2.25. The predicted octanol–water partition coefficient (Wildman–Crippen LogP) is 2.19. The van der Waals surface area contributed by atoms with Gasteiger partial charge in [0.1, 0.15) is 0 Å². The van der Waals surface area contributed by atoms with Crippen LogP contribution in [0, 0.1) is 0 Å². The van der Waals surface area contributed by atoms with Crippen LogP contribution in [0.4, 0.5) is 5.69 Å². The highest BCUT2D eigenvalue weighted by molar-refractivity contribution is 5.98. The molecule has 1 rings (SSSR count). The monoisotopic (exact) mass is 220 g/mol. The van der Waals surface area contributed by atoms with Gasteiger partial charge < -0.3 is 10.6 Å². The number of benzene rings is 1. The van der Waals surface area contributed by atoms with Gasteiger partial charge in [-0.15, -0.1) is 0 Å². The molecule has 0 unspecified atom stereocenters. The number of amides is 1. The number of para-hydroxylation sites is 1. The Kier molecular flexibility index (Phi) is 4.07. The second-order valence-corrected chi connectivity index (χ2v) is 4.34. The van der Waals surface area contributed by atoms with Crippen molar-refractivity contribution >= 4 is 11.6 Å². The normalized spacial score (nSPS) is 11.2. The minimum Gasteiger partial charge on any atom is -0.324 e. The first-order valence-electron chi connectivity index (χ1n) is 5.59. The summed E-state index contributed by atoms with van der Waals surface area (Å²) >= 11 is 0. The van der Waals surface area contributed by atoms with Crippen molar-refractivity contribution in [3.63, 3.8) is 0 Å². The van der Waals surface area contributed by atoms with E-state index in [0.717, 1.165) is 17.7 Å². The van der Waals surface area contributed by atoms with Crippen LogP contribution in [0.1, 0.15) is 26.3 Å². The molecule has 88 valence electrons. The molecule has 0 heterocycles. The zero-order valence-electron chi connectivity index (χ0n) is 10.4. The van der Waals surface area contributed by atoms with Crippen molar-refractivity contribution in [2.45, 2.75) is 32.7 Å². The standard InChI is InChI=1S/C13H20N2O/c1-5-10-8-6-7-9-11(10)15-12(16)13(2,3)14-4/h6-9,14H,5H2,1-4H3,(H,15,16). The van der Waals surface area contributed by atoms with E-state index in [-0.39, 0.29) is 5.91 Å². The van der Waals surface area contributed by atoms with Crippen LogP contribution in [0.2, 0.25) is 0 Å². The van der Waals surface area contributed by atoms with E-state index in [1.54, 1.807) is 7.05 Å². The third-order valence-electron chi connectivity index (χ3n) is 2.84. The molecule has 3 nitrogen and oxygen atoms in total. The molecule has 0 spiro atoms. The van der Waals surface area contributed by atoms with Crippen LogP contribution in [-0.4, -0.2) is 18.5 Å². The van der Waals surface area contributed by atoms with Crippen LogP contribution in [-0.2, 0) is 11.2 Å². The van der Waals surface area contributed by atoms with Gasteiger partial charge in [0.15, 0.2) is 0 Å². The van der Waals surface area contributed by atoms with Gasteiger partial charge in [-0.05, 0) is 38.9 Å². The Morgan fingerprint density at radius 2 is 1.94 bits per heavy atom. The van der Waals surface area contributed by atoms with Crippen LogP contribution < -0.4 is 10.6 Å². The molecule has 0 aliphatic heterocycles. The van der Waals surface area contributed by atoms with Crippen molar-refractivity contribution in [3.8, 4) is 0 Å². The second-order valence-electron chi connectivity index (χ2n) is 4.34. The Labute approximate surface area is 97.2 Å². The molecule has 1 amide bonds. The lowest BCUT2D eigenvalue weighted by Gasteiger charge is -2.23. The van der Waals surface area contributed by atoms with E-state index in [0.29, 0.717) is 0 Å². The largest absolute Gasteiger partial charge is 0.324 e. The summed E-state index contributed by atoms with van der Waals surface area (Å²) in [6.07, 6.45) is 0.913. The molecule has 1 aromatic rings. The number of nitrogens with one attached hydrogen (secondary N) is 2. The van der Waals surface area contributed by atoms with Crippen molar-refractivity contribution in [2.75, 3.05) is 12.4 Å². The summed E-state index contributed by atoms with van der Waals surface area (Å²) in [6.45, 7) is 5.79. The van der Waals surface area contributed by atoms with Crippen molar-refractivity contribution in [1.29, 1.82) is 0 Å². The summed E-state index contributed by atoms with van der Waals surface area (Å²) in [5.41, 5.74) is 1.50. The first kappa shape index (κ1) is 12.7. The second kappa shape index (κ2) is 5.12. The fourth-order valence-electron chi connectivity index (χ4n) is 1.34. The van der Waals surface area contributed by atoms with E-state index >= 15 is 0 Å². The Balaban J connectivity index is 2.85. The molecular formula is C13H20N2O. The van der Waals surface area contributed by atoms with Crippen molar-refractivity contribution in [2.24, 2.45) is 0 Å². The summed E-state index contributed by atoms with van der Waals surface area (Å²) in [4.78, 5) is 12.0. The molecule has 0 saturated carbocycles. The van der Waals surface area contributed by atoms with Gasteiger partial charge in [-0.3, -0.25) is 4.79 Å². The maximum absolute atomic E-state index is 12.0. The van der Waals surface area contributed by atoms with E-state index in [1.807, 2.05) is 38.1 Å². The number of likely N-dealkylation sites (N-methyl/N-ethyl adjacent to an activating group) is 1. The number of carbonyl (C=O) groups is 1. The molecule has 0 aliphatic carbocycles. The molecule has 1 aromatic carbocycles. The minimum atomic E-state index is -0.555. The molecule has 0 aliphatic rings. The fraction of sp³-hybridized carbons (Fsp3) is 0.462. The van der Waals surface area contributed by atoms with Crippen molar-refractivity contribution in [1.82, 2.24) is 5.32 Å². The zero-order chi connectivity index (χ0) is 12.2. The summed E-state index contributed by atoms with van der Waals surface area (Å²) in [5.74, 6) is -0.0177. The van der Waals surface area contributed by atoms with Gasteiger partial charge in [-0.25, -0.2) is 0 Å². The molecule has 0 atom stereocenters. The fourth-order valence-corrected chi connectivity index (χ4v) is 1.34. The van der Waals surface area contributed by atoms with E-state index in [4.69, 9.17) is 0 Å². The Bertz CT molecular complexity index is 372. The number of hydrogen-bond donors (Lipinski definition) is 2. The van der Waals surface area contributed by atoms with E-state index in [1.165, 1.54) is 0 Å². The number of carbonyl (C=O) groups excluding carboxylic acids is 1. The molecule has 0 fully saturated rings. The maximum atomic E-state index is 12.0. The van der Waals surface area contributed by atoms with Gasteiger partial charge in [0.05, 0.1) is 5.54 Å². The molecule has 0 radical (unpaired) electrons. The van der Waals surface area contributed by atoms with Crippen molar-refractivity contribution in [3.05, 3.63) is 29.8 Å². The summed E-state index contributed by atoms with van der Waals surface area (Å²) in [7, 11) is 1.78. The molecule has 3 heteroatoms. The zero-order valence-corrected chi connectivity index (χ0v) is 10.4. The molecule has 2 N–H and O–H groups in total. The third-order valence-corrected chi connectivity index (χ3v) is 2.84. The Hall–Kier alpha value is -1.35. The van der Waals surface area contributed by atoms with Crippen LogP contribution in [0.15, 0.2) is 24.3 Å². The first-order chi connectivity index (χ1) is 7.51. The smallest absolute Gasteiger partial charge is 0.244 e. The van der Waals surface area contributed by atoms with E-state index < -0.39 is 5.54 Å². The quantitative estimate of drug-likeness (QED) is 0.816. The lowest BCUT2D eigenvalue weighted by atomic mass is 10.0. The van der Waals surface area contributed by atoms with Crippen LogP contribution >= 0.6 is 0 Å². The minimum absolute atomic E-state index is 0.0177. The molecular weight excluding hydrogens is 200 g/mol. The summed E-state index contributed by atoms with van der Waals surface area (Å²) in [6, 6.07) is 7.88. The molecule has 0 bridgehead atoms. The topological polar surface area (TPSA) is 41.1 Å². The number of anilines is 1. The van der Waals surface area contributed by atoms with Gasteiger partial charge in [-0.2, -0.15) is 0 Å². The summed E-state index contributed by atoms with van der Waals surface area (Å²) < 4.78 is 0. The maximum Gasteiger partial charge on any atom is 0.244 e. The molecule has 16 heavy (non-hydrogen) atoms. The highest BCUT2D eigenvalue weighted by Crippen LogP contribution is 2.17. The Morgan fingerprint density at radius 3 is 2.50 bits per heavy atom. The number of rotatable bonds is 4. The number of aryl methyl sites for hydroxylation is 1. The molecule has 0 aromatic heterocycles. The Morgan fingerprint density at radius 1 is 1.31 bits per heavy atom. The van der Waals surface area contributed by atoms with Crippen molar-refractivity contribution < 1.29 is 4.79 Å². The molecule has 0 saturated heterocycles. The van der Waals surface area contributed by atoms with Crippen LogP contribution in [0.5, 0.6) is 0 Å². The van der Waals surface area contributed by atoms with Gasteiger partial charge in [-0.1, -0.05) is 25.1 Å². The lowest BCUT2D eigenvalue weighted by Crippen LogP contribution is -2.48. The summed E-state index contributed by atoms with van der Waals surface area (Å²) in [5, 5.41) is 5.94. The van der Waals surface area contributed by atoms with E-state index in [9.17, 15) is 4.79 Å². The van der Waals surface area contributed by atoms with Crippen LogP contribution in [0.25, 0.3) is 0 Å². The average molecular weight is 220 g/mol. The lowest BCUT2D eigenvalue weighted by molar-refractivity contribution is -0.121. The average Bonchev–Trinajstić information content (AvgIpc) is 2.29. The van der Waals surface area contributed by atoms with Gasteiger partial charge >= 0.3 is 0 Å². The number of hydrogen-bond acceptors (Lipinski definition) is 2. The SMILES string of the molecule is CCc1ccccc1NC(=O)C(C)(C)NC. The predicted molar refractivity (Wildman–Crippen MR) is 67.6 cm³/mol. The first-order valence-corrected chi connectivity index (χ1v) is 5.59. The van der Waals surface area contributed by atoms with E-state index in [2.05, 4.69) is 17.6 Å². The highest BCUT2D eigenvalue weighted by atomic mass is 16.2. The third kappa shape index (κ3) is 2.83. The van der Waals surface area contributed by atoms with Crippen LogP contribution in [0.3, 0.4) is 0 Å². The van der Waals surface area contributed by atoms with Gasteiger partial charge in [0.25, 0.3) is 0 Å². The van der Waals surface area contributed by atoms with Gasteiger partial charge in [0.2, 0.25) is 5.91 Å².